The summed E-state index contributed by atoms with van der Waals surface area (Å²) in [6.07, 6.45) is 2.04. The molecule has 1 aromatic heterocycles. The van der Waals surface area contributed by atoms with Crippen molar-refractivity contribution in [1.29, 1.82) is 0 Å². The van der Waals surface area contributed by atoms with Crippen LogP contribution in [0, 0.1) is 0 Å². The van der Waals surface area contributed by atoms with Gasteiger partial charge in [-0.2, -0.15) is 0 Å². The molecule has 5 heteroatoms. The maximum Gasteiger partial charge on any atom is 0.231 e. The molecule has 2 heterocycles. The summed E-state index contributed by atoms with van der Waals surface area (Å²) in [5.41, 5.74) is 7.23. The third kappa shape index (κ3) is 3.74. The van der Waals surface area contributed by atoms with Gasteiger partial charge in [0.05, 0.1) is 24.7 Å². The van der Waals surface area contributed by atoms with Crippen LogP contribution < -0.4 is 18.8 Å². The van der Waals surface area contributed by atoms with E-state index in [0.29, 0.717) is 5.75 Å². The van der Waals surface area contributed by atoms with Gasteiger partial charge in [0.25, 0.3) is 0 Å². The molecule has 0 spiro atoms. The van der Waals surface area contributed by atoms with Crippen molar-refractivity contribution in [1.82, 2.24) is 0 Å². The molecule has 36 heavy (non-hydrogen) atoms. The van der Waals surface area contributed by atoms with Gasteiger partial charge in [0.2, 0.25) is 12.5 Å². The van der Waals surface area contributed by atoms with Crippen molar-refractivity contribution < 1.29 is 23.9 Å². The van der Waals surface area contributed by atoms with Gasteiger partial charge in [-0.05, 0) is 34.2 Å². The summed E-state index contributed by atoms with van der Waals surface area (Å²) < 4.78 is 19.4. The number of benzene rings is 4. The molecule has 0 bridgehead atoms. The predicted molar refractivity (Wildman–Crippen MR) is 140 cm³/mol. The third-order valence-electron chi connectivity index (χ3n) is 6.75. The topological polar surface area (TPSA) is 51.8 Å². The van der Waals surface area contributed by atoms with Crippen molar-refractivity contribution >= 4 is 10.8 Å². The van der Waals surface area contributed by atoms with E-state index in [9.17, 15) is 5.11 Å². The number of nitrogens with zero attached hydrogens (tertiary/aromatic N) is 1. The first-order valence-corrected chi connectivity index (χ1v) is 11.9. The van der Waals surface area contributed by atoms with Gasteiger partial charge in [0.15, 0.2) is 17.7 Å². The summed E-state index contributed by atoms with van der Waals surface area (Å²) in [7, 11) is 3.65. The van der Waals surface area contributed by atoms with Crippen LogP contribution >= 0.6 is 0 Å². The Morgan fingerprint density at radius 2 is 1.58 bits per heavy atom. The highest BCUT2D eigenvalue weighted by Gasteiger charge is 2.24. The maximum atomic E-state index is 9.71. The summed E-state index contributed by atoms with van der Waals surface area (Å²) in [4.78, 5) is 0. The van der Waals surface area contributed by atoms with E-state index in [1.807, 2.05) is 37.5 Å². The number of fused-ring (bicyclic) bond motifs is 2. The second-order valence-electron chi connectivity index (χ2n) is 8.89. The summed E-state index contributed by atoms with van der Waals surface area (Å²) in [6.45, 7) is 0.137. The molecule has 0 radical (unpaired) electrons. The molecular formula is C31H26NO4+. The molecule has 0 saturated carbocycles. The molecule has 5 nitrogen and oxygen atoms in total. The number of pyridine rings is 1. The molecule has 4 aromatic carbocycles. The van der Waals surface area contributed by atoms with Crippen LogP contribution in [0.4, 0.5) is 0 Å². The number of ether oxygens (including phenoxy) is 3. The Morgan fingerprint density at radius 1 is 0.833 bits per heavy atom. The van der Waals surface area contributed by atoms with Crippen LogP contribution in [-0.4, -0.2) is 19.0 Å². The highest BCUT2D eigenvalue weighted by Crippen LogP contribution is 2.45. The van der Waals surface area contributed by atoms with E-state index in [1.165, 1.54) is 11.1 Å². The lowest BCUT2D eigenvalue weighted by Crippen LogP contribution is -2.30. The number of methoxy groups -OCH3 is 1. The van der Waals surface area contributed by atoms with Gasteiger partial charge in [0.1, 0.15) is 12.8 Å². The molecule has 0 atom stereocenters. The first-order valence-electron chi connectivity index (χ1n) is 11.9. The quantitative estimate of drug-likeness (QED) is 0.321. The molecule has 178 valence electrons. The number of hydrogen-bond donors (Lipinski definition) is 1. The van der Waals surface area contributed by atoms with Gasteiger partial charge in [-0.15, -0.1) is 0 Å². The van der Waals surface area contributed by atoms with E-state index in [-0.39, 0.29) is 13.4 Å². The Balaban J connectivity index is 1.47. The monoisotopic (exact) mass is 476 g/mol. The number of aliphatic hydroxyl groups is 1. The molecule has 5 aromatic rings. The fourth-order valence-corrected chi connectivity index (χ4v) is 4.93. The van der Waals surface area contributed by atoms with Gasteiger partial charge < -0.3 is 19.3 Å². The van der Waals surface area contributed by atoms with Crippen molar-refractivity contribution in [3.05, 3.63) is 96.7 Å². The van der Waals surface area contributed by atoms with Crippen LogP contribution in [0.15, 0.2) is 91.1 Å². The van der Waals surface area contributed by atoms with E-state index < -0.39 is 0 Å². The summed E-state index contributed by atoms with van der Waals surface area (Å²) in [6, 6.07) is 29.1. The maximum absolute atomic E-state index is 9.71. The number of rotatable bonds is 5. The first kappa shape index (κ1) is 22.1. The molecule has 0 amide bonds. The average Bonchev–Trinajstić information content (AvgIpc) is 3.41. The fraction of sp³-hybridized carbons (Fsp3) is 0.129. The zero-order valence-corrected chi connectivity index (χ0v) is 20.2. The minimum atomic E-state index is -0.0703. The van der Waals surface area contributed by atoms with Crippen LogP contribution in [0.2, 0.25) is 0 Å². The van der Waals surface area contributed by atoms with Gasteiger partial charge >= 0.3 is 0 Å². The summed E-state index contributed by atoms with van der Waals surface area (Å²) in [5.74, 6) is 2.20. The van der Waals surface area contributed by atoms with E-state index in [2.05, 4.69) is 65.2 Å². The largest absolute Gasteiger partial charge is 0.495 e. The number of aromatic nitrogens is 1. The average molecular weight is 477 g/mol. The summed E-state index contributed by atoms with van der Waals surface area (Å²) >= 11 is 0. The number of aliphatic hydroxyl groups excluding tert-OH is 1. The minimum absolute atomic E-state index is 0.0703. The molecule has 0 unspecified atom stereocenters. The molecule has 0 saturated heterocycles. The Kier molecular flexibility index (Phi) is 5.55. The fourth-order valence-electron chi connectivity index (χ4n) is 4.93. The molecule has 0 aliphatic carbocycles. The van der Waals surface area contributed by atoms with Crippen molar-refractivity contribution in [2.75, 3.05) is 13.9 Å². The molecule has 0 fully saturated rings. The zero-order chi connectivity index (χ0) is 24.6. The Bertz CT molecular complexity index is 1580. The van der Waals surface area contributed by atoms with E-state index in [0.717, 1.165) is 50.2 Å². The molecule has 6 rings (SSSR count). The number of aryl methyl sites for hydroxylation is 1. The molecule has 1 N–H and O–H groups in total. The predicted octanol–water partition coefficient (Wildman–Crippen LogP) is 5.89. The minimum Gasteiger partial charge on any atom is -0.495 e. The van der Waals surface area contributed by atoms with E-state index >= 15 is 0 Å². The lowest BCUT2D eigenvalue weighted by atomic mass is 9.96. The first-order chi connectivity index (χ1) is 17.7. The third-order valence-corrected chi connectivity index (χ3v) is 6.75. The van der Waals surface area contributed by atoms with E-state index in [1.54, 1.807) is 7.11 Å². The molecule has 1 aliphatic rings. The number of hydrogen-bond acceptors (Lipinski definition) is 4. The van der Waals surface area contributed by atoms with E-state index in [4.69, 9.17) is 14.2 Å². The second-order valence-corrected chi connectivity index (χ2v) is 8.89. The second kappa shape index (κ2) is 9.02. The van der Waals surface area contributed by atoms with Gasteiger partial charge in [0, 0.05) is 17.2 Å². The van der Waals surface area contributed by atoms with Crippen molar-refractivity contribution in [2.45, 2.75) is 6.61 Å². The van der Waals surface area contributed by atoms with Gasteiger partial charge in [-0.3, -0.25) is 0 Å². The standard InChI is InChI=1S/C31H26NO4/c1-32-17-27-23(12-13-24(18-33)30(27)34-2)15-28(32)25-14-26(31-29(16-25)35-19-36-31)22-10-8-21(9-11-22)20-6-4-3-5-7-20/h3-17,33H,18-19H2,1-2H3/q+1. The summed E-state index contributed by atoms with van der Waals surface area (Å²) in [5, 5.41) is 11.7. The van der Waals surface area contributed by atoms with Crippen LogP contribution in [0.1, 0.15) is 5.56 Å². The van der Waals surface area contributed by atoms with Crippen molar-refractivity contribution in [3.63, 3.8) is 0 Å². The van der Waals surface area contributed by atoms with Crippen LogP contribution in [0.25, 0.3) is 44.3 Å². The highest BCUT2D eigenvalue weighted by molar-refractivity contribution is 5.91. The zero-order valence-electron chi connectivity index (χ0n) is 20.2. The van der Waals surface area contributed by atoms with Crippen LogP contribution in [0.5, 0.6) is 17.2 Å². The van der Waals surface area contributed by atoms with Crippen molar-refractivity contribution in [2.24, 2.45) is 7.05 Å². The van der Waals surface area contributed by atoms with Gasteiger partial charge in [-0.25, -0.2) is 4.57 Å². The van der Waals surface area contributed by atoms with Crippen LogP contribution in [-0.2, 0) is 13.7 Å². The smallest absolute Gasteiger partial charge is 0.231 e. The normalized spacial score (nSPS) is 12.2. The van der Waals surface area contributed by atoms with Gasteiger partial charge in [-0.1, -0.05) is 66.7 Å². The van der Waals surface area contributed by atoms with Crippen LogP contribution in [0.3, 0.4) is 0 Å². The highest BCUT2D eigenvalue weighted by atomic mass is 16.7. The molecular weight excluding hydrogens is 450 g/mol. The lowest BCUT2D eigenvalue weighted by Gasteiger charge is -2.12. The van der Waals surface area contributed by atoms with Crippen molar-refractivity contribution in [3.8, 4) is 50.8 Å². The lowest BCUT2D eigenvalue weighted by molar-refractivity contribution is -0.659. The SMILES string of the molecule is COc1c(CO)ccc2cc(-c3cc4c(c(-c5ccc(-c6ccccc6)cc5)c3)OCO4)[n+](C)cc12. The Hall–Kier alpha value is -4.35. The Labute approximate surface area is 209 Å². The molecule has 1 aliphatic heterocycles. The Morgan fingerprint density at radius 3 is 2.33 bits per heavy atom.